The molecule has 0 radical (unpaired) electrons. The summed E-state index contributed by atoms with van der Waals surface area (Å²) in [5, 5.41) is 15.0. The van der Waals surface area contributed by atoms with Crippen molar-refractivity contribution in [3.63, 3.8) is 0 Å². The predicted molar refractivity (Wildman–Crippen MR) is 104 cm³/mol. The summed E-state index contributed by atoms with van der Waals surface area (Å²) in [5.41, 5.74) is 3.11. The summed E-state index contributed by atoms with van der Waals surface area (Å²) in [6, 6.07) is 6.25. The average Bonchev–Trinajstić information content (AvgIpc) is 2.54. The van der Waals surface area contributed by atoms with Gasteiger partial charge in [0.05, 0.1) is 24.9 Å². The van der Waals surface area contributed by atoms with E-state index in [1.807, 2.05) is 18.2 Å². The smallest absolute Gasteiger partial charge is 0.404 e. The molecule has 0 aliphatic carbocycles. The zero-order valence-electron chi connectivity index (χ0n) is 16.3. The number of hydrogen-bond acceptors (Lipinski definition) is 4. The van der Waals surface area contributed by atoms with Gasteiger partial charge in [0.2, 0.25) is 0 Å². The molecule has 144 valence electrons. The van der Waals surface area contributed by atoms with Gasteiger partial charge in [-0.15, -0.1) is 0 Å². The number of carboxylic acid groups (broad SMARTS) is 1. The van der Waals surface area contributed by atoms with Crippen molar-refractivity contribution >= 4 is 20.1 Å². The summed E-state index contributed by atoms with van der Waals surface area (Å²) in [5.74, 6) is 0. The quantitative estimate of drug-likeness (QED) is 0.687. The van der Waals surface area contributed by atoms with Gasteiger partial charge in [-0.1, -0.05) is 26.8 Å². The van der Waals surface area contributed by atoms with Crippen molar-refractivity contribution in [2.75, 3.05) is 11.9 Å². The van der Waals surface area contributed by atoms with Crippen LogP contribution in [0.25, 0.3) is 0 Å². The Balaban J connectivity index is 1.74. The number of anilines is 1. The van der Waals surface area contributed by atoms with E-state index in [2.05, 4.69) is 44.5 Å². The van der Waals surface area contributed by atoms with Crippen molar-refractivity contribution in [3.05, 3.63) is 29.3 Å². The molecule has 0 spiro atoms. The lowest BCUT2D eigenvalue weighted by atomic mass is 9.89. The molecular weight excluding hydrogens is 348 g/mol. The Morgan fingerprint density at radius 1 is 1.42 bits per heavy atom. The van der Waals surface area contributed by atoms with Crippen molar-refractivity contribution in [1.82, 2.24) is 5.32 Å². The normalized spacial score (nSPS) is 25.2. The monoisotopic (exact) mass is 378 g/mol. The van der Waals surface area contributed by atoms with E-state index in [9.17, 15) is 4.79 Å². The molecule has 2 bridgehead atoms. The van der Waals surface area contributed by atoms with E-state index in [0.29, 0.717) is 13.2 Å². The third-order valence-corrected chi connectivity index (χ3v) is 10.4. The molecule has 2 aliphatic heterocycles. The van der Waals surface area contributed by atoms with Crippen LogP contribution in [0.1, 0.15) is 44.4 Å². The van der Waals surface area contributed by atoms with Crippen molar-refractivity contribution in [2.24, 2.45) is 0 Å². The molecule has 3 rings (SSSR count). The van der Waals surface area contributed by atoms with E-state index in [-0.39, 0.29) is 23.3 Å². The van der Waals surface area contributed by atoms with Crippen molar-refractivity contribution in [1.29, 1.82) is 0 Å². The fourth-order valence-electron chi connectivity index (χ4n) is 3.31. The minimum absolute atomic E-state index is 0.0419. The number of rotatable bonds is 4. The summed E-state index contributed by atoms with van der Waals surface area (Å²) in [6.45, 7) is 12.2. The number of nitrogens with one attached hydrogen (secondary N) is 2. The molecule has 1 aromatic rings. The highest BCUT2D eigenvalue weighted by molar-refractivity contribution is 6.74. The molecule has 0 saturated carbocycles. The average molecular weight is 379 g/mol. The number of ether oxygens (including phenoxy) is 1. The van der Waals surface area contributed by atoms with Gasteiger partial charge in [-0.3, -0.25) is 0 Å². The van der Waals surface area contributed by atoms with E-state index < -0.39 is 14.4 Å². The molecule has 6 nitrogen and oxygen atoms in total. The molecule has 1 fully saturated rings. The fourth-order valence-corrected chi connectivity index (χ4v) is 4.66. The van der Waals surface area contributed by atoms with Crippen LogP contribution in [0.3, 0.4) is 0 Å². The van der Waals surface area contributed by atoms with E-state index in [1.54, 1.807) is 0 Å². The molecule has 1 amide bonds. The van der Waals surface area contributed by atoms with Crippen molar-refractivity contribution in [3.8, 4) is 0 Å². The maximum atomic E-state index is 10.7. The van der Waals surface area contributed by atoms with Crippen LogP contribution in [-0.4, -0.2) is 38.3 Å². The number of benzene rings is 1. The van der Waals surface area contributed by atoms with Crippen molar-refractivity contribution in [2.45, 2.75) is 70.1 Å². The Kier molecular flexibility index (Phi) is 5.07. The maximum absolute atomic E-state index is 10.7. The van der Waals surface area contributed by atoms with Crippen LogP contribution >= 0.6 is 0 Å². The Hall–Kier alpha value is -1.57. The summed E-state index contributed by atoms with van der Waals surface area (Å²) in [4.78, 5) is 10.7. The SMILES string of the molecule is CC(C)(C)[Si](C)(C)O[C@@H]1CO[C@H]2C[C@@H]1Nc1ccc(CNC(=O)O)cc12. The zero-order valence-corrected chi connectivity index (χ0v) is 17.3. The lowest BCUT2D eigenvalue weighted by molar-refractivity contribution is -0.0620. The second-order valence-corrected chi connectivity index (χ2v) is 13.6. The third kappa shape index (κ3) is 3.89. The van der Waals surface area contributed by atoms with Gasteiger partial charge in [-0.25, -0.2) is 4.79 Å². The second kappa shape index (κ2) is 6.87. The van der Waals surface area contributed by atoms with E-state index in [1.165, 1.54) is 0 Å². The van der Waals surface area contributed by atoms with Crippen LogP contribution in [-0.2, 0) is 15.7 Å². The minimum atomic E-state index is -1.85. The molecule has 2 heterocycles. The van der Waals surface area contributed by atoms with Gasteiger partial charge in [0.25, 0.3) is 0 Å². The fraction of sp³-hybridized carbons (Fsp3) is 0.632. The summed E-state index contributed by atoms with van der Waals surface area (Å²) >= 11 is 0. The predicted octanol–water partition coefficient (Wildman–Crippen LogP) is 4.10. The molecule has 0 unspecified atom stereocenters. The Labute approximate surface area is 156 Å². The van der Waals surface area contributed by atoms with Crippen LogP contribution in [0.2, 0.25) is 18.1 Å². The van der Waals surface area contributed by atoms with Gasteiger partial charge < -0.3 is 24.9 Å². The van der Waals surface area contributed by atoms with Crippen LogP contribution in [0.4, 0.5) is 10.5 Å². The molecule has 2 aliphatic rings. The summed E-state index contributed by atoms with van der Waals surface area (Å²) in [6.07, 6.45) is -0.0309. The van der Waals surface area contributed by atoms with Gasteiger partial charge in [0, 0.05) is 24.2 Å². The van der Waals surface area contributed by atoms with E-state index in [4.69, 9.17) is 14.3 Å². The molecule has 0 aromatic heterocycles. The van der Waals surface area contributed by atoms with Crippen LogP contribution < -0.4 is 10.6 Å². The zero-order chi connectivity index (χ0) is 19.1. The topological polar surface area (TPSA) is 79.8 Å². The molecule has 1 saturated heterocycles. The number of amides is 1. The van der Waals surface area contributed by atoms with Crippen LogP contribution in [0.15, 0.2) is 18.2 Å². The maximum Gasteiger partial charge on any atom is 0.404 e. The lowest BCUT2D eigenvalue weighted by Crippen LogP contribution is -2.54. The largest absolute Gasteiger partial charge is 0.465 e. The van der Waals surface area contributed by atoms with Gasteiger partial charge >= 0.3 is 6.09 Å². The Morgan fingerprint density at radius 2 is 2.15 bits per heavy atom. The Bertz CT molecular complexity index is 687. The molecule has 26 heavy (non-hydrogen) atoms. The Morgan fingerprint density at radius 3 is 2.81 bits per heavy atom. The van der Waals surface area contributed by atoms with Crippen molar-refractivity contribution < 1.29 is 19.1 Å². The second-order valence-electron chi connectivity index (χ2n) is 8.81. The van der Waals surface area contributed by atoms with Gasteiger partial charge in [-0.05, 0) is 35.8 Å². The highest BCUT2D eigenvalue weighted by Gasteiger charge is 2.44. The first-order valence-electron chi connectivity index (χ1n) is 9.22. The number of fused-ring (bicyclic) bond motifs is 4. The molecule has 7 heteroatoms. The van der Waals surface area contributed by atoms with Crippen LogP contribution in [0, 0.1) is 0 Å². The molecule has 3 N–H and O–H groups in total. The van der Waals surface area contributed by atoms with Gasteiger partial charge in [0.1, 0.15) is 0 Å². The highest BCUT2D eigenvalue weighted by Crippen LogP contribution is 2.43. The molecule has 1 aromatic carbocycles. The number of hydrogen-bond donors (Lipinski definition) is 3. The first kappa shape index (κ1) is 19.2. The van der Waals surface area contributed by atoms with Gasteiger partial charge in [0.15, 0.2) is 8.32 Å². The third-order valence-electron chi connectivity index (χ3n) is 5.88. The minimum Gasteiger partial charge on any atom is -0.465 e. The molecule has 3 atom stereocenters. The summed E-state index contributed by atoms with van der Waals surface area (Å²) < 4.78 is 12.8. The highest BCUT2D eigenvalue weighted by atomic mass is 28.4. The first-order valence-corrected chi connectivity index (χ1v) is 12.1. The number of carbonyl (C=O) groups is 1. The standard InChI is InChI=1S/C19H30N2O4Si/c1-19(2,3)26(4,5)25-17-11-24-16-9-15(17)21-14-7-6-12(8-13(14)16)10-20-18(22)23/h6-8,15-17,20-21H,9-11H2,1-5H3,(H,22,23)/t15-,16-,17+/m0/s1. The van der Waals surface area contributed by atoms with E-state index >= 15 is 0 Å². The van der Waals surface area contributed by atoms with E-state index in [0.717, 1.165) is 23.2 Å². The lowest BCUT2D eigenvalue weighted by Gasteiger charge is -2.47. The summed E-state index contributed by atoms with van der Waals surface area (Å²) in [7, 11) is -1.85. The first-order chi connectivity index (χ1) is 12.1. The molecular formula is C19H30N2O4Si. The van der Waals surface area contributed by atoms with Crippen LogP contribution in [0.5, 0.6) is 0 Å². The van der Waals surface area contributed by atoms with Gasteiger partial charge in [-0.2, -0.15) is 0 Å².